The van der Waals surface area contributed by atoms with Gasteiger partial charge in [-0.3, -0.25) is 9.59 Å². The highest BCUT2D eigenvalue weighted by molar-refractivity contribution is 5.89. The van der Waals surface area contributed by atoms with Crippen molar-refractivity contribution in [3.8, 4) is 0 Å². The molecule has 6 saturated carbocycles. The summed E-state index contributed by atoms with van der Waals surface area (Å²) in [5.41, 5.74) is 0. The molecule has 0 aromatic rings. The van der Waals surface area contributed by atoms with Crippen molar-refractivity contribution in [2.75, 3.05) is 0 Å². The fourth-order valence-corrected chi connectivity index (χ4v) is 8.21. The minimum Gasteiger partial charge on any atom is -0.299 e. The molecule has 94 valence electrons. The van der Waals surface area contributed by atoms with Crippen molar-refractivity contribution in [2.24, 2.45) is 59.2 Å². The molecule has 18 heavy (non-hydrogen) atoms. The van der Waals surface area contributed by atoms with E-state index in [1.165, 1.54) is 12.8 Å². The third-order valence-corrected chi connectivity index (χ3v) is 8.06. The smallest absolute Gasteiger partial charge is 0.136 e. The maximum Gasteiger partial charge on any atom is 0.136 e. The van der Waals surface area contributed by atoms with Crippen LogP contribution in [0.4, 0.5) is 0 Å². The molecule has 0 heterocycles. The van der Waals surface area contributed by atoms with Gasteiger partial charge in [0.05, 0.1) is 0 Å². The average Bonchev–Trinajstić information content (AvgIpc) is 3.01. The van der Waals surface area contributed by atoms with Crippen molar-refractivity contribution in [1.82, 2.24) is 0 Å². The van der Waals surface area contributed by atoms with Crippen molar-refractivity contribution in [1.29, 1.82) is 0 Å². The van der Waals surface area contributed by atoms with Gasteiger partial charge < -0.3 is 0 Å². The monoisotopic (exact) mass is 242 g/mol. The van der Waals surface area contributed by atoms with Crippen LogP contribution in [0, 0.1) is 59.2 Å². The fourth-order valence-electron chi connectivity index (χ4n) is 8.21. The van der Waals surface area contributed by atoms with Crippen LogP contribution >= 0.6 is 0 Å². The summed E-state index contributed by atoms with van der Waals surface area (Å²) in [6.07, 6.45) is 4.18. The van der Waals surface area contributed by atoms with Crippen LogP contribution in [0.5, 0.6) is 0 Å². The predicted octanol–water partition coefficient (Wildman–Crippen LogP) is 1.93. The standard InChI is InChI=1S/C16H18O2/c17-9-3-7-8-4-10(18)13-6-2-1-5-11(6)16(15(8)13)14(7)12(5)9/h5-8,11-16H,1-4H2. The van der Waals surface area contributed by atoms with E-state index in [4.69, 9.17) is 0 Å². The highest BCUT2D eigenvalue weighted by Crippen LogP contribution is 2.78. The van der Waals surface area contributed by atoms with E-state index in [9.17, 15) is 9.59 Å². The molecule has 8 atom stereocenters. The first-order valence-corrected chi connectivity index (χ1v) is 7.83. The molecule has 2 heteroatoms. The zero-order chi connectivity index (χ0) is 11.8. The lowest BCUT2D eigenvalue weighted by Gasteiger charge is -2.18. The predicted molar refractivity (Wildman–Crippen MR) is 63.4 cm³/mol. The summed E-state index contributed by atoms with van der Waals surface area (Å²) >= 11 is 0. The van der Waals surface area contributed by atoms with Crippen molar-refractivity contribution >= 4 is 11.6 Å². The van der Waals surface area contributed by atoms with E-state index in [0.29, 0.717) is 47.1 Å². The van der Waals surface area contributed by atoms with E-state index in [2.05, 4.69) is 0 Å². The topological polar surface area (TPSA) is 34.1 Å². The van der Waals surface area contributed by atoms with E-state index >= 15 is 0 Å². The normalized spacial score (nSPS) is 69.6. The number of hydrogen-bond donors (Lipinski definition) is 0. The zero-order valence-corrected chi connectivity index (χ0v) is 10.4. The summed E-state index contributed by atoms with van der Waals surface area (Å²) < 4.78 is 0. The lowest BCUT2D eigenvalue weighted by Crippen LogP contribution is -2.22. The van der Waals surface area contributed by atoms with Crippen LogP contribution in [0.3, 0.4) is 0 Å². The number of fused-ring (bicyclic) bond motifs is 3. The van der Waals surface area contributed by atoms with Crippen LogP contribution < -0.4 is 0 Å². The lowest BCUT2D eigenvalue weighted by molar-refractivity contribution is -0.122. The molecule has 0 aromatic heterocycles. The Morgan fingerprint density at radius 3 is 1.61 bits per heavy atom. The molecule has 0 radical (unpaired) electrons. The van der Waals surface area contributed by atoms with Gasteiger partial charge in [-0.05, 0) is 60.2 Å². The van der Waals surface area contributed by atoms with Gasteiger partial charge in [-0.2, -0.15) is 0 Å². The summed E-state index contributed by atoms with van der Waals surface area (Å²) in [7, 11) is 0. The molecule has 6 fully saturated rings. The van der Waals surface area contributed by atoms with Gasteiger partial charge in [0, 0.05) is 24.7 Å². The van der Waals surface area contributed by atoms with Crippen LogP contribution in [0.1, 0.15) is 25.7 Å². The number of hydrogen-bond acceptors (Lipinski definition) is 2. The molecule has 0 spiro atoms. The average molecular weight is 242 g/mol. The van der Waals surface area contributed by atoms with Gasteiger partial charge in [0.25, 0.3) is 0 Å². The highest BCUT2D eigenvalue weighted by Gasteiger charge is 2.77. The summed E-state index contributed by atoms with van der Waals surface area (Å²) in [4.78, 5) is 24.8. The Balaban J connectivity index is 1.63. The van der Waals surface area contributed by atoms with Crippen molar-refractivity contribution in [3.05, 3.63) is 0 Å². The quantitative estimate of drug-likeness (QED) is 0.650. The molecule has 0 saturated heterocycles. The van der Waals surface area contributed by atoms with Crippen LogP contribution in [-0.2, 0) is 9.59 Å². The van der Waals surface area contributed by atoms with Gasteiger partial charge in [0.15, 0.2) is 0 Å². The minimum absolute atomic E-state index is 0.441. The molecule has 2 nitrogen and oxygen atoms in total. The Labute approximate surface area is 107 Å². The van der Waals surface area contributed by atoms with E-state index < -0.39 is 0 Å². The SMILES string of the molecule is O=C1CC2C3CC(=O)C4C5CCC6C1C2C(C65)C34. The number of carbonyl (C=O) groups is 2. The molecule has 0 amide bonds. The summed E-state index contributed by atoms with van der Waals surface area (Å²) in [6.45, 7) is 0. The summed E-state index contributed by atoms with van der Waals surface area (Å²) in [5, 5.41) is 0. The molecule has 0 bridgehead atoms. The highest BCUT2D eigenvalue weighted by atomic mass is 16.1. The zero-order valence-electron chi connectivity index (χ0n) is 10.4. The molecule has 0 aromatic carbocycles. The van der Waals surface area contributed by atoms with Crippen molar-refractivity contribution < 1.29 is 9.59 Å². The number of Topliss-reactive ketones (excluding diaryl/α,β-unsaturated/α-hetero) is 2. The largest absolute Gasteiger partial charge is 0.299 e. The van der Waals surface area contributed by atoms with E-state index in [1.54, 1.807) is 0 Å². The second kappa shape index (κ2) is 2.48. The Kier molecular flexibility index (Phi) is 1.28. The molecule has 6 aliphatic rings. The van der Waals surface area contributed by atoms with Gasteiger partial charge in [-0.1, -0.05) is 0 Å². The second-order valence-electron chi connectivity index (χ2n) is 7.93. The molecular weight excluding hydrogens is 224 g/mol. The maximum atomic E-state index is 12.4. The summed E-state index contributed by atoms with van der Waals surface area (Å²) in [5.74, 6) is 7.72. The maximum absolute atomic E-state index is 12.4. The Morgan fingerprint density at radius 1 is 0.611 bits per heavy atom. The van der Waals surface area contributed by atoms with Gasteiger partial charge >= 0.3 is 0 Å². The van der Waals surface area contributed by atoms with Crippen molar-refractivity contribution in [3.63, 3.8) is 0 Å². The van der Waals surface area contributed by atoms with Crippen LogP contribution in [-0.4, -0.2) is 11.6 Å². The molecule has 0 aliphatic heterocycles. The number of carbonyl (C=O) groups excluding carboxylic acids is 2. The van der Waals surface area contributed by atoms with Crippen LogP contribution in [0.2, 0.25) is 0 Å². The third-order valence-electron chi connectivity index (χ3n) is 8.06. The Morgan fingerprint density at radius 2 is 1.11 bits per heavy atom. The van der Waals surface area contributed by atoms with Gasteiger partial charge in [0.1, 0.15) is 11.6 Å². The van der Waals surface area contributed by atoms with Gasteiger partial charge in [-0.25, -0.2) is 0 Å². The first-order chi connectivity index (χ1) is 8.77. The van der Waals surface area contributed by atoms with E-state index in [1.807, 2.05) is 0 Å². The van der Waals surface area contributed by atoms with E-state index in [-0.39, 0.29) is 0 Å². The fraction of sp³-hybridized carbons (Fsp3) is 0.875. The molecule has 8 unspecified atom stereocenters. The van der Waals surface area contributed by atoms with Crippen molar-refractivity contribution in [2.45, 2.75) is 25.7 Å². The van der Waals surface area contributed by atoms with Crippen LogP contribution in [0.15, 0.2) is 0 Å². The summed E-state index contributed by atoms with van der Waals surface area (Å²) in [6, 6.07) is 0. The Bertz CT molecular complexity index is 465. The molecule has 0 N–H and O–H groups in total. The lowest BCUT2D eigenvalue weighted by atomic mass is 9.84. The third kappa shape index (κ3) is 0.675. The van der Waals surface area contributed by atoms with Gasteiger partial charge in [-0.15, -0.1) is 0 Å². The molecule has 6 rings (SSSR count). The number of rotatable bonds is 0. The minimum atomic E-state index is 0.441. The Hall–Kier alpha value is -0.660. The first kappa shape index (κ1) is 9.28. The molecule has 6 aliphatic carbocycles. The van der Waals surface area contributed by atoms with Crippen LogP contribution in [0.25, 0.3) is 0 Å². The van der Waals surface area contributed by atoms with E-state index in [0.717, 1.165) is 36.5 Å². The first-order valence-electron chi connectivity index (χ1n) is 7.83. The molecular formula is C16H18O2. The van der Waals surface area contributed by atoms with Gasteiger partial charge in [0.2, 0.25) is 0 Å². The number of ketones is 2. The second-order valence-corrected chi connectivity index (χ2v) is 7.93.